The van der Waals surface area contributed by atoms with Gasteiger partial charge in [0.05, 0.1) is 5.02 Å². The average molecular weight is 356 g/mol. The van der Waals surface area contributed by atoms with Crippen LogP contribution in [0.25, 0.3) is 0 Å². The number of carbonyl (C=O) groups is 1. The fourth-order valence-corrected chi connectivity index (χ4v) is 1.82. The Labute approximate surface area is 113 Å². The molecule has 0 fully saturated rings. The summed E-state index contributed by atoms with van der Waals surface area (Å²) < 4.78 is 14.1. The number of alkyl halides is 1. The molecule has 0 unspecified atom stereocenters. The van der Waals surface area contributed by atoms with Gasteiger partial charge in [0.2, 0.25) is 0 Å². The third-order valence-electron chi connectivity index (χ3n) is 2.03. The Balaban J connectivity index is 2.50. The van der Waals surface area contributed by atoms with Crippen LogP contribution in [-0.4, -0.2) is 16.9 Å². The van der Waals surface area contributed by atoms with Crippen LogP contribution in [-0.2, 0) is 0 Å². The molecule has 1 aromatic carbocycles. The van der Waals surface area contributed by atoms with Crippen molar-refractivity contribution in [3.8, 4) is 0 Å². The second kappa shape index (κ2) is 7.06. The SMILES string of the molecule is O=C(NCCCCI)c1ccc(Cl)c(F)c1. The topological polar surface area (TPSA) is 29.1 Å². The number of nitrogens with one attached hydrogen (secondary N) is 1. The molecular formula is C11H12ClFINO. The van der Waals surface area contributed by atoms with Crippen molar-refractivity contribution in [2.45, 2.75) is 12.8 Å². The molecule has 0 radical (unpaired) electrons. The van der Waals surface area contributed by atoms with Gasteiger partial charge in [-0.05, 0) is 35.5 Å². The number of carbonyl (C=O) groups excluding carboxylic acids is 1. The van der Waals surface area contributed by atoms with Crippen LogP contribution in [0.3, 0.4) is 0 Å². The minimum atomic E-state index is -0.568. The van der Waals surface area contributed by atoms with E-state index in [1.807, 2.05) is 0 Å². The van der Waals surface area contributed by atoms with E-state index in [1.54, 1.807) is 0 Å². The van der Waals surface area contributed by atoms with Crippen molar-refractivity contribution in [2.75, 3.05) is 11.0 Å². The van der Waals surface area contributed by atoms with E-state index in [4.69, 9.17) is 11.6 Å². The predicted molar refractivity (Wildman–Crippen MR) is 71.9 cm³/mol. The van der Waals surface area contributed by atoms with Gasteiger partial charge in [0, 0.05) is 12.1 Å². The van der Waals surface area contributed by atoms with Gasteiger partial charge < -0.3 is 5.32 Å². The maximum Gasteiger partial charge on any atom is 0.251 e. The summed E-state index contributed by atoms with van der Waals surface area (Å²) in [6.45, 7) is 0.617. The Kier molecular flexibility index (Phi) is 6.05. The first-order chi connectivity index (χ1) is 7.65. The second-order valence-electron chi connectivity index (χ2n) is 3.28. The van der Waals surface area contributed by atoms with Crippen molar-refractivity contribution >= 4 is 40.1 Å². The zero-order valence-corrected chi connectivity index (χ0v) is 11.5. The van der Waals surface area contributed by atoms with Gasteiger partial charge in [0.1, 0.15) is 5.82 Å². The molecule has 88 valence electrons. The lowest BCUT2D eigenvalue weighted by molar-refractivity contribution is 0.0953. The number of unbranched alkanes of at least 4 members (excludes halogenated alkanes) is 1. The summed E-state index contributed by atoms with van der Waals surface area (Å²) in [5, 5.41) is 2.76. The Morgan fingerprint density at radius 1 is 1.44 bits per heavy atom. The number of amides is 1. The van der Waals surface area contributed by atoms with Crippen molar-refractivity contribution < 1.29 is 9.18 Å². The maximum atomic E-state index is 13.1. The standard InChI is InChI=1S/C11H12ClFINO/c12-9-4-3-8(7-10(9)13)11(16)15-6-2-1-5-14/h3-4,7H,1-2,5-6H2,(H,15,16). The van der Waals surface area contributed by atoms with E-state index >= 15 is 0 Å². The Morgan fingerprint density at radius 2 is 2.19 bits per heavy atom. The van der Waals surface area contributed by atoms with Crippen molar-refractivity contribution in [3.05, 3.63) is 34.6 Å². The van der Waals surface area contributed by atoms with Gasteiger partial charge in [-0.15, -0.1) is 0 Å². The summed E-state index contributed by atoms with van der Waals surface area (Å²) in [7, 11) is 0. The molecule has 0 aromatic heterocycles. The lowest BCUT2D eigenvalue weighted by atomic mass is 10.2. The van der Waals surface area contributed by atoms with Gasteiger partial charge in [0.15, 0.2) is 0 Å². The highest BCUT2D eigenvalue weighted by Crippen LogP contribution is 2.15. The molecule has 0 aliphatic carbocycles. The van der Waals surface area contributed by atoms with Crippen LogP contribution in [0.15, 0.2) is 18.2 Å². The predicted octanol–water partition coefficient (Wildman–Crippen LogP) is 3.42. The fraction of sp³-hybridized carbons (Fsp3) is 0.364. The molecule has 0 aliphatic rings. The van der Waals surface area contributed by atoms with Crippen molar-refractivity contribution in [3.63, 3.8) is 0 Å². The number of benzene rings is 1. The maximum absolute atomic E-state index is 13.1. The summed E-state index contributed by atoms with van der Waals surface area (Å²) in [5.74, 6) is -0.828. The van der Waals surface area contributed by atoms with E-state index in [0.717, 1.165) is 23.3 Å². The normalized spacial score (nSPS) is 10.2. The van der Waals surface area contributed by atoms with Gasteiger partial charge in [-0.3, -0.25) is 4.79 Å². The fourth-order valence-electron chi connectivity index (χ4n) is 1.16. The first kappa shape index (κ1) is 13.7. The molecule has 1 rings (SSSR count). The molecule has 0 heterocycles. The highest BCUT2D eigenvalue weighted by Gasteiger charge is 2.07. The van der Waals surface area contributed by atoms with E-state index in [1.165, 1.54) is 12.1 Å². The van der Waals surface area contributed by atoms with Crippen molar-refractivity contribution in [2.24, 2.45) is 0 Å². The summed E-state index contributed by atoms with van der Waals surface area (Å²) in [5.41, 5.74) is 0.302. The Morgan fingerprint density at radius 3 is 2.81 bits per heavy atom. The highest BCUT2D eigenvalue weighted by atomic mass is 127. The molecule has 0 spiro atoms. The van der Waals surface area contributed by atoms with Gasteiger partial charge in [-0.2, -0.15) is 0 Å². The first-order valence-corrected chi connectivity index (χ1v) is 6.84. The second-order valence-corrected chi connectivity index (χ2v) is 4.77. The van der Waals surface area contributed by atoms with Crippen LogP contribution in [0.2, 0.25) is 5.02 Å². The van der Waals surface area contributed by atoms with Gasteiger partial charge in [-0.1, -0.05) is 34.2 Å². The third-order valence-corrected chi connectivity index (χ3v) is 3.10. The smallest absolute Gasteiger partial charge is 0.251 e. The summed E-state index contributed by atoms with van der Waals surface area (Å²) in [6, 6.07) is 4.05. The van der Waals surface area contributed by atoms with Crippen LogP contribution >= 0.6 is 34.2 Å². The molecule has 16 heavy (non-hydrogen) atoms. The van der Waals surface area contributed by atoms with Gasteiger partial charge in [0.25, 0.3) is 5.91 Å². The molecular weight excluding hydrogens is 343 g/mol. The number of hydrogen-bond donors (Lipinski definition) is 1. The molecule has 1 aromatic rings. The molecule has 1 amide bonds. The minimum Gasteiger partial charge on any atom is -0.352 e. The van der Waals surface area contributed by atoms with Crippen LogP contribution < -0.4 is 5.32 Å². The molecule has 0 saturated heterocycles. The molecule has 2 nitrogen and oxygen atoms in total. The van der Waals surface area contributed by atoms with E-state index in [-0.39, 0.29) is 10.9 Å². The van der Waals surface area contributed by atoms with Crippen molar-refractivity contribution in [1.29, 1.82) is 0 Å². The quantitative estimate of drug-likeness (QED) is 0.489. The van der Waals surface area contributed by atoms with Crippen LogP contribution in [0.1, 0.15) is 23.2 Å². The number of rotatable bonds is 5. The largest absolute Gasteiger partial charge is 0.352 e. The number of hydrogen-bond acceptors (Lipinski definition) is 1. The molecule has 5 heteroatoms. The van der Waals surface area contributed by atoms with Crippen molar-refractivity contribution in [1.82, 2.24) is 5.32 Å². The minimum absolute atomic E-state index is 0.0291. The highest BCUT2D eigenvalue weighted by molar-refractivity contribution is 14.1. The monoisotopic (exact) mass is 355 g/mol. The van der Waals surface area contributed by atoms with Crippen LogP contribution in [0.5, 0.6) is 0 Å². The first-order valence-electron chi connectivity index (χ1n) is 4.94. The third kappa shape index (κ3) is 4.25. The molecule has 0 atom stereocenters. The molecule has 1 N–H and O–H groups in total. The summed E-state index contributed by atoms with van der Waals surface area (Å²) >= 11 is 7.81. The van der Waals surface area contributed by atoms with Gasteiger partial charge >= 0.3 is 0 Å². The Hall–Kier alpha value is -0.360. The molecule has 0 aliphatic heterocycles. The van der Waals surface area contributed by atoms with E-state index in [0.29, 0.717) is 12.1 Å². The van der Waals surface area contributed by atoms with E-state index in [9.17, 15) is 9.18 Å². The van der Waals surface area contributed by atoms with Gasteiger partial charge in [-0.25, -0.2) is 4.39 Å². The van der Waals surface area contributed by atoms with E-state index < -0.39 is 5.82 Å². The van der Waals surface area contributed by atoms with Crippen LogP contribution in [0, 0.1) is 5.82 Å². The summed E-state index contributed by atoms with van der Waals surface area (Å²) in [6.07, 6.45) is 2.00. The molecule has 0 saturated carbocycles. The molecule has 0 bridgehead atoms. The van der Waals surface area contributed by atoms with Crippen LogP contribution in [0.4, 0.5) is 4.39 Å². The lowest BCUT2D eigenvalue weighted by Crippen LogP contribution is -2.24. The summed E-state index contributed by atoms with van der Waals surface area (Å²) in [4.78, 5) is 11.5. The Bertz CT molecular complexity index is 373. The average Bonchev–Trinajstić information content (AvgIpc) is 2.28. The van der Waals surface area contributed by atoms with E-state index in [2.05, 4.69) is 27.9 Å². The zero-order chi connectivity index (χ0) is 12.0. The number of halogens is 3. The zero-order valence-electron chi connectivity index (χ0n) is 8.60. The lowest BCUT2D eigenvalue weighted by Gasteiger charge is -2.04.